The van der Waals surface area contributed by atoms with Gasteiger partial charge in [-0.3, -0.25) is 4.79 Å². The van der Waals surface area contributed by atoms with E-state index in [1.54, 1.807) is 12.3 Å². The van der Waals surface area contributed by atoms with Gasteiger partial charge in [0.05, 0.1) is 6.20 Å². The van der Waals surface area contributed by atoms with Crippen molar-refractivity contribution >= 4 is 0 Å². The zero-order chi connectivity index (χ0) is 11.7. The summed E-state index contributed by atoms with van der Waals surface area (Å²) >= 11 is 0. The summed E-state index contributed by atoms with van der Waals surface area (Å²) in [5, 5.41) is 6.19. The van der Waals surface area contributed by atoms with Crippen molar-refractivity contribution in [3.8, 4) is 11.1 Å². The second-order valence-corrected chi connectivity index (χ2v) is 4.58. The molecule has 1 aromatic carbocycles. The van der Waals surface area contributed by atoms with E-state index in [0.29, 0.717) is 0 Å². The molecule has 0 aliphatic heterocycles. The molecule has 3 rings (SSSR count). The maximum absolute atomic E-state index is 11.2. The van der Waals surface area contributed by atoms with E-state index in [1.807, 2.05) is 0 Å². The molecule has 1 saturated carbocycles. The molecule has 0 atom stereocenters. The van der Waals surface area contributed by atoms with E-state index in [9.17, 15) is 4.79 Å². The molecule has 0 unspecified atom stereocenters. The predicted molar refractivity (Wildman–Crippen MR) is 66.9 cm³/mol. The lowest BCUT2D eigenvalue weighted by atomic mass is 9.80. The number of hydrogen-bond acceptors (Lipinski definition) is 2. The van der Waals surface area contributed by atoms with Crippen molar-refractivity contribution in [2.45, 2.75) is 25.2 Å². The molecule has 86 valence electrons. The van der Waals surface area contributed by atoms with Crippen LogP contribution in [0.1, 0.15) is 30.7 Å². The van der Waals surface area contributed by atoms with Gasteiger partial charge in [0.2, 0.25) is 0 Å². The van der Waals surface area contributed by atoms with Crippen molar-refractivity contribution in [3.05, 3.63) is 52.4 Å². The van der Waals surface area contributed by atoms with Crippen LogP contribution in [0.2, 0.25) is 0 Å². The minimum absolute atomic E-state index is 0.162. The van der Waals surface area contributed by atoms with Crippen LogP contribution in [0.15, 0.2) is 41.3 Å². The van der Waals surface area contributed by atoms with Crippen LogP contribution in [-0.4, -0.2) is 10.2 Å². The third-order valence-corrected chi connectivity index (χ3v) is 3.49. The minimum atomic E-state index is -0.162. The van der Waals surface area contributed by atoms with Gasteiger partial charge in [-0.15, -0.1) is 0 Å². The van der Waals surface area contributed by atoms with Gasteiger partial charge < -0.3 is 0 Å². The molecule has 0 bridgehead atoms. The summed E-state index contributed by atoms with van der Waals surface area (Å²) < 4.78 is 0. The monoisotopic (exact) mass is 226 g/mol. The molecule has 1 aliphatic rings. The number of rotatable bonds is 2. The molecule has 17 heavy (non-hydrogen) atoms. The molecule has 1 heterocycles. The van der Waals surface area contributed by atoms with Crippen LogP contribution in [0.5, 0.6) is 0 Å². The maximum atomic E-state index is 11.2. The van der Waals surface area contributed by atoms with Gasteiger partial charge in [-0.05, 0) is 29.9 Å². The highest BCUT2D eigenvalue weighted by atomic mass is 16.1. The molecule has 3 heteroatoms. The Morgan fingerprint density at radius 3 is 2.47 bits per heavy atom. The van der Waals surface area contributed by atoms with Gasteiger partial charge in [-0.25, -0.2) is 5.10 Å². The number of nitrogens with one attached hydrogen (secondary N) is 1. The van der Waals surface area contributed by atoms with Crippen molar-refractivity contribution in [2.75, 3.05) is 0 Å². The largest absolute Gasteiger partial charge is 0.268 e. The Labute approximate surface area is 99.5 Å². The quantitative estimate of drug-likeness (QED) is 0.855. The Hall–Kier alpha value is -1.90. The fraction of sp³-hybridized carbons (Fsp3) is 0.286. The topological polar surface area (TPSA) is 45.8 Å². The predicted octanol–water partition coefficient (Wildman–Crippen LogP) is 2.70. The van der Waals surface area contributed by atoms with Gasteiger partial charge in [-0.1, -0.05) is 30.7 Å². The third-order valence-electron chi connectivity index (χ3n) is 3.49. The molecule has 0 spiro atoms. The van der Waals surface area contributed by atoms with E-state index < -0.39 is 0 Å². The van der Waals surface area contributed by atoms with E-state index >= 15 is 0 Å². The van der Waals surface area contributed by atoms with Crippen LogP contribution >= 0.6 is 0 Å². The fourth-order valence-corrected chi connectivity index (χ4v) is 2.22. The average Bonchev–Trinajstić information content (AvgIpc) is 2.28. The van der Waals surface area contributed by atoms with Crippen LogP contribution in [-0.2, 0) is 0 Å². The SMILES string of the molecule is O=c1cc(-c2ccc(C3CCC3)cc2)cn[nH]1. The molecular formula is C14H14N2O. The Morgan fingerprint density at radius 2 is 1.88 bits per heavy atom. The number of benzene rings is 1. The van der Waals surface area contributed by atoms with Crippen LogP contribution in [0.25, 0.3) is 11.1 Å². The second-order valence-electron chi connectivity index (χ2n) is 4.58. The zero-order valence-electron chi connectivity index (χ0n) is 9.52. The number of nitrogens with zero attached hydrogens (tertiary/aromatic N) is 1. The number of hydrogen-bond donors (Lipinski definition) is 1. The Kier molecular flexibility index (Phi) is 2.52. The fourth-order valence-electron chi connectivity index (χ4n) is 2.22. The van der Waals surface area contributed by atoms with E-state index in [1.165, 1.54) is 24.8 Å². The van der Waals surface area contributed by atoms with Gasteiger partial charge in [0.1, 0.15) is 0 Å². The normalized spacial score (nSPS) is 15.5. The average molecular weight is 226 g/mol. The highest BCUT2D eigenvalue weighted by Gasteiger charge is 2.18. The third kappa shape index (κ3) is 2.00. The summed E-state index contributed by atoms with van der Waals surface area (Å²) in [5.41, 5.74) is 3.17. The van der Waals surface area contributed by atoms with Crippen molar-refractivity contribution in [3.63, 3.8) is 0 Å². The van der Waals surface area contributed by atoms with Crippen LogP contribution in [0.3, 0.4) is 0 Å². The van der Waals surface area contributed by atoms with Gasteiger partial charge in [0.15, 0.2) is 0 Å². The van der Waals surface area contributed by atoms with Crippen molar-refractivity contribution in [2.24, 2.45) is 0 Å². The first-order valence-electron chi connectivity index (χ1n) is 5.98. The van der Waals surface area contributed by atoms with E-state index in [0.717, 1.165) is 17.0 Å². The van der Waals surface area contributed by atoms with Gasteiger partial charge in [-0.2, -0.15) is 5.10 Å². The zero-order valence-corrected chi connectivity index (χ0v) is 9.52. The summed E-state index contributed by atoms with van der Waals surface area (Å²) in [5.74, 6) is 0.751. The Balaban J connectivity index is 1.91. The van der Waals surface area contributed by atoms with Crippen LogP contribution in [0, 0.1) is 0 Å². The lowest BCUT2D eigenvalue weighted by Gasteiger charge is -2.25. The molecule has 1 N–H and O–H groups in total. The van der Waals surface area contributed by atoms with Crippen LogP contribution < -0.4 is 5.56 Å². The van der Waals surface area contributed by atoms with E-state index in [-0.39, 0.29) is 5.56 Å². The first-order valence-corrected chi connectivity index (χ1v) is 5.98. The number of aromatic nitrogens is 2. The Bertz CT molecular complexity index is 567. The highest BCUT2D eigenvalue weighted by Crippen LogP contribution is 2.36. The Morgan fingerprint density at radius 1 is 1.12 bits per heavy atom. The standard InChI is InChI=1S/C14H14N2O/c17-14-8-13(9-15-16-14)12-6-4-11(5-7-12)10-2-1-3-10/h4-10H,1-3H2,(H,16,17). The smallest absolute Gasteiger partial charge is 0.264 e. The first-order chi connectivity index (χ1) is 8.33. The molecule has 1 fully saturated rings. The maximum Gasteiger partial charge on any atom is 0.264 e. The molecule has 2 aromatic rings. The number of aromatic amines is 1. The summed E-state index contributed by atoms with van der Waals surface area (Å²) in [6, 6.07) is 10.1. The molecule has 0 amide bonds. The molecular weight excluding hydrogens is 212 g/mol. The van der Waals surface area contributed by atoms with Gasteiger partial charge >= 0.3 is 0 Å². The molecule has 0 radical (unpaired) electrons. The van der Waals surface area contributed by atoms with E-state index in [4.69, 9.17) is 0 Å². The summed E-state index contributed by atoms with van der Waals surface area (Å²) in [7, 11) is 0. The minimum Gasteiger partial charge on any atom is -0.268 e. The van der Waals surface area contributed by atoms with Crippen LogP contribution in [0.4, 0.5) is 0 Å². The highest BCUT2D eigenvalue weighted by molar-refractivity contribution is 5.62. The number of H-pyrrole nitrogens is 1. The lowest BCUT2D eigenvalue weighted by Crippen LogP contribution is -2.08. The summed E-state index contributed by atoms with van der Waals surface area (Å²) in [6.07, 6.45) is 5.65. The lowest BCUT2D eigenvalue weighted by molar-refractivity contribution is 0.420. The van der Waals surface area contributed by atoms with Crippen molar-refractivity contribution < 1.29 is 0 Å². The van der Waals surface area contributed by atoms with Gasteiger partial charge in [0, 0.05) is 11.6 Å². The van der Waals surface area contributed by atoms with E-state index in [2.05, 4.69) is 34.5 Å². The molecule has 1 aromatic heterocycles. The molecule has 0 saturated heterocycles. The first kappa shape index (κ1) is 10.3. The summed E-state index contributed by atoms with van der Waals surface area (Å²) in [4.78, 5) is 11.2. The second kappa shape index (κ2) is 4.17. The van der Waals surface area contributed by atoms with Crippen molar-refractivity contribution in [1.29, 1.82) is 0 Å². The molecule has 1 aliphatic carbocycles. The molecule has 3 nitrogen and oxygen atoms in total. The van der Waals surface area contributed by atoms with Crippen molar-refractivity contribution in [1.82, 2.24) is 10.2 Å². The van der Waals surface area contributed by atoms with Gasteiger partial charge in [0.25, 0.3) is 5.56 Å². The summed E-state index contributed by atoms with van der Waals surface area (Å²) in [6.45, 7) is 0.